The van der Waals surface area contributed by atoms with Crippen LogP contribution in [0.5, 0.6) is 0 Å². The van der Waals surface area contributed by atoms with Crippen LogP contribution < -0.4 is 5.32 Å². The van der Waals surface area contributed by atoms with Gasteiger partial charge in [-0.1, -0.05) is 25.1 Å². The SMILES string of the molecule is CCCN(C(=O)c1cc2ccccc2n1CC(=O)O)C1CCNCC1. The minimum absolute atomic E-state index is 0.0637. The molecule has 0 bridgehead atoms. The molecule has 0 spiro atoms. The number of rotatable bonds is 6. The van der Waals surface area contributed by atoms with Gasteiger partial charge in [0.05, 0.1) is 0 Å². The Kier molecular flexibility index (Phi) is 5.38. The quantitative estimate of drug-likeness (QED) is 0.844. The van der Waals surface area contributed by atoms with Crippen molar-refractivity contribution < 1.29 is 14.7 Å². The summed E-state index contributed by atoms with van der Waals surface area (Å²) in [6.07, 6.45) is 2.75. The summed E-state index contributed by atoms with van der Waals surface area (Å²) >= 11 is 0. The number of aliphatic carboxylic acids is 1. The molecule has 1 aromatic carbocycles. The molecule has 1 aromatic heterocycles. The molecule has 6 nitrogen and oxygen atoms in total. The molecule has 2 aromatic rings. The lowest BCUT2D eigenvalue weighted by Gasteiger charge is -2.34. The Labute approximate surface area is 147 Å². The van der Waals surface area contributed by atoms with Crippen LogP contribution in [0.25, 0.3) is 10.9 Å². The zero-order chi connectivity index (χ0) is 17.8. The normalized spacial score (nSPS) is 15.4. The van der Waals surface area contributed by atoms with Crippen LogP contribution >= 0.6 is 0 Å². The topological polar surface area (TPSA) is 74.6 Å². The van der Waals surface area contributed by atoms with Crippen LogP contribution in [0.2, 0.25) is 0 Å². The average Bonchev–Trinajstić information content (AvgIpc) is 2.98. The second-order valence-electron chi connectivity index (χ2n) is 6.55. The minimum atomic E-state index is -0.945. The fourth-order valence-corrected chi connectivity index (χ4v) is 3.65. The number of nitrogens with one attached hydrogen (secondary N) is 1. The number of benzene rings is 1. The molecule has 134 valence electrons. The number of carbonyl (C=O) groups excluding carboxylic acids is 1. The van der Waals surface area contributed by atoms with Gasteiger partial charge in [0.1, 0.15) is 12.2 Å². The third kappa shape index (κ3) is 3.69. The summed E-state index contributed by atoms with van der Waals surface area (Å²) in [4.78, 5) is 26.6. The molecule has 3 rings (SSSR count). The van der Waals surface area contributed by atoms with Crippen molar-refractivity contribution in [1.29, 1.82) is 0 Å². The molecule has 2 heterocycles. The lowest BCUT2D eigenvalue weighted by Crippen LogP contribution is -2.47. The van der Waals surface area contributed by atoms with Gasteiger partial charge in [0.25, 0.3) is 5.91 Å². The summed E-state index contributed by atoms with van der Waals surface area (Å²) in [6, 6.07) is 9.59. The molecule has 0 saturated carbocycles. The number of carbonyl (C=O) groups is 2. The molecule has 6 heteroatoms. The fourth-order valence-electron chi connectivity index (χ4n) is 3.65. The molecule has 0 radical (unpaired) electrons. The van der Waals surface area contributed by atoms with E-state index in [0.29, 0.717) is 12.2 Å². The molecular formula is C19H25N3O3. The maximum atomic E-state index is 13.3. The van der Waals surface area contributed by atoms with Crippen molar-refractivity contribution in [2.45, 2.75) is 38.8 Å². The van der Waals surface area contributed by atoms with Gasteiger partial charge in [-0.05, 0) is 44.5 Å². The van der Waals surface area contributed by atoms with E-state index in [0.717, 1.165) is 43.3 Å². The predicted octanol–water partition coefficient (Wildman–Crippen LogP) is 2.33. The number of amides is 1. The number of para-hydroxylation sites is 1. The number of hydrogen-bond donors (Lipinski definition) is 2. The number of aromatic nitrogens is 1. The lowest BCUT2D eigenvalue weighted by atomic mass is 10.0. The second kappa shape index (κ2) is 7.70. The van der Waals surface area contributed by atoms with Crippen LogP contribution in [-0.2, 0) is 11.3 Å². The summed E-state index contributed by atoms with van der Waals surface area (Å²) < 4.78 is 1.63. The highest BCUT2D eigenvalue weighted by Gasteiger charge is 2.28. The van der Waals surface area contributed by atoms with Gasteiger partial charge < -0.3 is 19.9 Å². The largest absolute Gasteiger partial charge is 0.480 e. The van der Waals surface area contributed by atoms with Crippen LogP contribution in [0.4, 0.5) is 0 Å². The number of nitrogens with zero attached hydrogens (tertiary/aromatic N) is 2. The Morgan fingerprint density at radius 1 is 1.28 bits per heavy atom. The first kappa shape index (κ1) is 17.5. The van der Waals surface area contributed by atoms with Crippen molar-refractivity contribution >= 4 is 22.8 Å². The van der Waals surface area contributed by atoms with Crippen LogP contribution in [0.1, 0.15) is 36.7 Å². The van der Waals surface area contributed by atoms with E-state index < -0.39 is 5.97 Å². The number of carboxylic acids is 1. The molecule has 0 unspecified atom stereocenters. The second-order valence-corrected chi connectivity index (χ2v) is 6.55. The van der Waals surface area contributed by atoms with E-state index in [2.05, 4.69) is 12.2 Å². The van der Waals surface area contributed by atoms with Gasteiger partial charge in [-0.15, -0.1) is 0 Å². The molecule has 1 aliphatic heterocycles. The van der Waals surface area contributed by atoms with Gasteiger partial charge >= 0.3 is 5.97 Å². The van der Waals surface area contributed by atoms with E-state index in [-0.39, 0.29) is 18.5 Å². The van der Waals surface area contributed by atoms with Crippen LogP contribution in [0.15, 0.2) is 30.3 Å². The Morgan fingerprint density at radius 2 is 2.00 bits per heavy atom. The first-order valence-electron chi connectivity index (χ1n) is 8.93. The Hall–Kier alpha value is -2.34. The number of carboxylic acid groups (broad SMARTS) is 1. The maximum absolute atomic E-state index is 13.3. The highest BCUT2D eigenvalue weighted by molar-refractivity contribution is 5.99. The van der Waals surface area contributed by atoms with Gasteiger partial charge in [-0.3, -0.25) is 9.59 Å². The van der Waals surface area contributed by atoms with E-state index in [9.17, 15) is 14.7 Å². The third-order valence-corrected chi connectivity index (χ3v) is 4.80. The van der Waals surface area contributed by atoms with E-state index in [1.54, 1.807) is 4.57 Å². The van der Waals surface area contributed by atoms with Crippen molar-refractivity contribution in [2.24, 2.45) is 0 Å². The van der Waals surface area contributed by atoms with Crippen molar-refractivity contribution in [3.63, 3.8) is 0 Å². The summed E-state index contributed by atoms with van der Waals surface area (Å²) in [5.41, 5.74) is 1.26. The van der Waals surface area contributed by atoms with Crippen molar-refractivity contribution in [3.05, 3.63) is 36.0 Å². The highest BCUT2D eigenvalue weighted by atomic mass is 16.4. The summed E-state index contributed by atoms with van der Waals surface area (Å²) in [6.45, 7) is 4.37. The van der Waals surface area contributed by atoms with Gasteiger partial charge in [0.2, 0.25) is 0 Å². The average molecular weight is 343 g/mol. The first-order chi connectivity index (χ1) is 12.1. The zero-order valence-corrected chi connectivity index (χ0v) is 14.6. The van der Waals surface area contributed by atoms with Gasteiger partial charge in [0, 0.05) is 23.5 Å². The number of fused-ring (bicyclic) bond motifs is 1. The van der Waals surface area contributed by atoms with Crippen molar-refractivity contribution in [2.75, 3.05) is 19.6 Å². The van der Waals surface area contributed by atoms with Gasteiger partial charge in [-0.2, -0.15) is 0 Å². The summed E-state index contributed by atoms with van der Waals surface area (Å²) in [5, 5.41) is 13.5. The fraction of sp³-hybridized carbons (Fsp3) is 0.474. The van der Waals surface area contributed by atoms with E-state index in [1.807, 2.05) is 35.2 Å². The smallest absolute Gasteiger partial charge is 0.323 e. The minimum Gasteiger partial charge on any atom is -0.480 e. The molecule has 2 N–H and O–H groups in total. The number of hydrogen-bond acceptors (Lipinski definition) is 3. The van der Waals surface area contributed by atoms with Crippen LogP contribution in [0.3, 0.4) is 0 Å². The Bertz CT molecular complexity index is 762. The van der Waals surface area contributed by atoms with Crippen molar-refractivity contribution in [1.82, 2.24) is 14.8 Å². The Balaban J connectivity index is 1.99. The number of piperidine rings is 1. The van der Waals surface area contributed by atoms with E-state index >= 15 is 0 Å². The van der Waals surface area contributed by atoms with Crippen LogP contribution in [-0.4, -0.2) is 52.1 Å². The molecule has 1 amide bonds. The van der Waals surface area contributed by atoms with Crippen molar-refractivity contribution in [3.8, 4) is 0 Å². The lowest BCUT2D eigenvalue weighted by molar-refractivity contribution is -0.137. The molecule has 1 saturated heterocycles. The Morgan fingerprint density at radius 3 is 2.68 bits per heavy atom. The zero-order valence-electron chi connectivity index (χ0n) is 14.6. The standard InChI is InChI=1S/C19H25N3O3/c1-2-11-21(15-7-9-20-10-8-15)19(25)17-12-14-5-3-4-6-16(14)22(17)13-18(23)24/h3-6,12,15,20H,2,7-11,13H2,1H3,(H,23,24). The molecule has 1 aliphatic rings. The summed E-state index contributed by atoms with van der Waals surface area (Å²) in [7, 11) is 0. The highest BCUT2D eigenvalue weighted by Crippen LogP contribution is 2.23. The van der Waals surface area contributed by atoms with E-state index in [4.69, 9.17) is 0 Å². The summed E-state index contributed by atoms with van der Waals surface area (Å²) in [5.74, 6) is -1.01. The maximum Gasteiger partial charge on any atom is 0.323 e. The molecule has 1 fully saturated rings. The van der Waals surface area contributed by atoms with Gasteiger partial charge in [-0.25, -0.2) is 0 Å². The third-order valence-electron chi connectivity index (χ3n) is 4.80. The monoisotopic (exact) mass is 343 g/mol. The molecule has 0 atom stereocenters. The molecule has 0 aliphatic carbocycles. The first-order valence-corrected chi connectivity index (χ1v) is 8.93. The van der Waals surface area contributed by atoms with Crippen LogP contribution in [0, 0.1) is 0 Å². The van der Waals surface area contributed by atoms with Gasteiger partial charge in [0.15, 0.2) is 0 Å². The predicted molar refractivity (Wildman–Crippen MR) is 96.8 cm³/mol. The molecule has 25 heavy (non-hydrogen) atoms. The molecular weight excluding hydrogens is 318 g/mol. The van der Waals surface area contributed by atoms with E-state index in [1.165, 1.54) is 0 Å².